The third kappa shape index (κ3) is 2.98. The molecule has 0 saturated carbocycles. The van der Waals surface area contributed by atoms with E-state index in [1.807, 2.05) is 24.4 Å². The van der Waals surface area contributed by atoms with E-state index in [2.05, 4.69) is 24.8 Å². The van der Waals surface area contributed by atoms with Crippen molar-refractivity contribution in [1.82, 2.24) is 0 Å². The van der Waals surface area contributed by atoms with E-state index in [9.17, 15) is 4.79 Å². The number of anilines is 1. The lowest BCUT2D eigenvalue weighted by molar-refractivity contribution is 0.744. The van der Waals surface area contributed by atoms with E-state index < -0.39 is 0 Å². The molecule has 0 N–H and O–H groups in total. The van der Waals surface area contributed by atoms with Gasteiger partial charge in [-0.3, -0.25) is 4.79 Å². The summed E-state index contributed by atoms with van der Waals surface area (Å²) in [5.41, 5.74) is 2.19. The first-order chi connectivity index (χ1) is 9.17. The van der Waals surface area contributed by atoms with Gasteiger partial charge in [0.2, 0.25) is 5.43 Å². The number of fused-ring (bicyclic) bond motifs is 1. The minimum atomic E-state index is 0.180. The molecule has 1 aromatic heterocycles. The lowest BCUT2D eigenvalue weighted by atomic mass is 10.1. The number of hydrogen-bond acceptors (Lipinski definition) is 3. The van der Waals surface area contributed by atoms with Crippen LogP contribution in [-0.4, -0.2) is 13.1 Å². The van der Waals surface area contributed by atoms with Gasteiger partial charge in [0.1, 0.15) is 0 Å². The number of benzene rings is 1. The topological polar surface area (TPSA) is 20.3 Å². The SMILES string of the molecule is CCCN(CCC)c1csc2ccc(C)cc2c1=O. The maximum absolute atomic E-state index is 12.6. The molecule has 0 bridgehead atoms. The van der Waals surface area contributed by atoms with Gasteiger partial charge >= 0.3 is 0 Å². The van der Waals surface area contributed by atoms with E-state index in [1.165, 1.54) is 0 Å². The Morgan fingerprint density at radius 3 is 2.47 bits per heavy atom. The fourth-order valence-electron chi connectivity index (χ4n) is 2.35. The molecule has 102 valence electrons. The van der Waals surface area contributed by atoms with Crippen LogP contribution in [0.15, 0.2) is 28.4 Å². The average Bonchev–Trinajstić information content (AvgIpc) is 2.40. The molecule has 0 aliphatic heterocycles. The first-order valence-corrected chi connectivity index (χ1v) is 7.82. The average molecular weight is 275 g/mol. The normalized spacial score (nSPS) is 10.9. The highest BCUT2D eigenvalue weighted by molar-refractivity contribution is 7.16. The molecule has 0 fully saturated rings. The Hall–Kier alpha value is -1.35. The number of nitrogens with zero attached hydrogens (tertiary/aromatic N) is 1. The maximum atomic E-state index is 12.6. The van der Waals surface area contributed by atoms with Crippen LogP contribution in [0.1, 0.15) is 32.3 Å². The fraction of sp³-hybridized carbons (Fsp3) is 0.438. The predicted molar refractivity (Wildman–Crippen MR) is 85.6 cm³/mol. The zero-order chi connectivity index (χ0) is 13.8. The molecule has 0 aliphatic carbocycles. The molecule has 2 nitrogen and oxygen atoms in total. The zero-order valence-electron chi connectivity index (χ0n) is 11.9. The lowest BCUT2D eigenvalue weighted by Gasteiger charge is -2.22. The first-order valence-electron chi connectivity index (χ1n) is 6.94. The van der Waals surface area contributed by atoms with Gasteiger partial charge in [0.05, 0.1) is 5.69 Å². The second kappa shape index (κ2) is 6.20. The molecular formula is C16H21NOS. The predicted octanol–water partition coefficient (Wildman–Crippen LogP) is 4.20. The third-order valence-electron chi connectivity index (χ3n) is 3.24. The van der Waals surface area contributed by atoms with Crippen molar-refractivity contribution in [2.75, 3.05) is 18.0 Å². The van der Waals surface area contributed by atoms with Crippen LogP contribution in [0.25, 0.3) is 10.1 Å². The molecule has 2 aromatic rings. The van der Waals surface area contributed by atoms with Crippen molar-refractivity contribution in [3.8, 4) is 0 Å². The van der Waals surface area contributed by atoms with Gasteiger partial charge in [-0.05, 0) is 31.9 Å². The van der Waals surface area contributed by atoms with Gasteiger partial charge in [-0.25, -0.2) is 0 Å². The largest absolute Gasteiger partial charge is 0.368 e. The smallest absolute Gasteiger partial charge is 0.211 e. The Bertz CT molecular complexity index is 612. The zero-order valence-corrected chi connectivity index (χ0v) is 12.7. The molecule has 0 radical (unpaired) electrons. The van der Waals surface area contributed by atoms with Crippen LogP contribution in [-0.2, 0) is 0 Å². The first kappa shape index (κ1) is 14.1. The molecule has 1 heterocycles. The summed E-state index contributed by atoms with van der Waals surface area (Å²) in [6.07, 6.45) is 2.13. The minimum absolute atomic E-state index is 0.180. The van der Waals surface area contributed by atoms with Crippen molar-refractivity contribution in [3.63, 3.8) is 0 Å². The molecule has 0 saturated heterocycles. The van der Waals surface area contributed by atoms with Gasteiger partial charge in [0, 0.05) is 28.6 Å². The van der Waals surface area contributed by atoms with Gasteiger partial charge < -0.3 is 4.90 Å². The third-order valence-corrected chi connectivity index (χ3v) is 4.19. The highest BCUT2D eigenvalue weighted by Crippen LogP contribution is 2.22. The van der Waals surface area contributed by atoms with Crippen LogP contribution < -0.4 is 10.3 Å². The maximum Gasteiger partial charge on any atom is 0.211 e. The summed E-state index contributed by atoms with van der Waals surface area (Å²) in [5, 5.41) is 2.88. The quantitative estimate of drug-likeness (QED) is 0.815. The van der Waals surface area contributed by atoms with Crippen molar-refractivity contribution < 1.29 is 0 Å². The van der Waals surface area contributed by atoms with E-state index in [4.69, 9.17) is 0 Å². The fourth-order valence-corrected chi connectivity index (χ4v) is 3.27. The molecular weight excluding hydrogens is 254 g/mol. The highest BCUT2D eigenvalue weighted by atomic mass is 32.1. The monoisotopic (exact) mass is 275 g/mol. The molecule has 19 heavy (non-hydrogen) atoms. The van der Waals surface area contributed by atoms with Crippen molar-refractivity contribution >= 4 is 27.1 Å². The summed E-state index contributed by atoms with van der Waals surface area (Å²) >= 11 is 1.66. The Balaban J connectivity index is 2.54. The van der Waals surface area contributed by atoms with Gasteiger partial charge in [-0.2, -0.15) is 0 Å². The molecule has 0 unspecified atom stereocenters. The van der Waals surface area contributed by atoms with Crippen LogP contribution in [0.5, 0.6) is 0 Å². The van der Waals surface area contributed by atoms with Gasteiger partial charge in [0.25, 0.3) is 0 Å². The Morgan fingerprint density at radius 2 is 1.84 bits per heavy atom. The van der Waals surface area contributed by atoms with Crippen LogP contribution in [0.3, 0.4) is 0 Å². The number of rotatable bonds is 5. The summed E-state index contributed by atoms with van der Waals surface area (Å²) in [7, 11) is 0. The van der Waals surface area contributed by atoms with Gasteiger partial charge in [-0.1, -0.05) is 25.5 Å². The van der Waals surface area contributed by atoms with Crippen LogP contribution in [0, 0.1) is 6.92 Å². The van der Waals surface area contributed by atoms with E-state index in [0.717, 1.165) is 47.3 Å². The van der Waals surface area contributed by atoms with E-state index in [0.29, 0.717) is 0 Å². The molecule has 0 aliphatic rings. The Morgan fingerprint density at radius 1 is 1.16 bits per heavy atom. The molecule has 1 aromatic carbocycles. The van der Waals surface area contributed by atoms with Gasteiger partial charge in [-0.15, -0.1) is 11.3 Å². The number of aryl methyl sites for hydroxylation is 1. The Labute approximate surface area is 118 Å². The van der Waals surface area contributed by atoms with Crippen molar-refractivity contribution in [3.05, 3.63) is 39.4 Å². The van der Waals surface area contributed by atoms with E-state index >= 15 is 0 Å². The van der Waals surface area contributed by atoms with Gasteiger partial charge in [0.15, 0.2) is 0 Å². The molecule has 0 atom stereocenters. The van der Waals surface area contributed by atoms with Crippen LogP contribution in [0.4, 0.5) is 5.69 Å². The van der Waals surface area contributed by atoms with Crippen molar-refractivity contribution in [2.45, 2.75) is 33.6 Å². The molecule has 0 amide bonds. The van der Waals surface area contributed by atoms with E-state index in [1.54, 1.807) is 11.3 Å². The minimum Gasteiger partial charge on any atom is -0.368 e. The second-order valence-electron chi connectivity index (χ2n) is 4.94. The Kier molecular flexibility index (Phi) is 4.59. The standard InChI is InChI=1S/C16H21NOS/c1-4-8-17(9-5-2)14-11-19-15-7-6-12(3)10-13(15)16(14)18/h6-7,10-11H,4-5,8-9H2,1-3H3. The van der Waals surface area contributed by atoms with Crippen molar-refractivity contribution in [2.24, 2.45) is 0 Å². The van der Waals surface area contributed by atoms with Crippen molar-refractivity contribution in [1.29, 1.82) is 0 Å². The van der Waals surface area contributed by atoms with Crippen LogP contribution >= 0.6 is 11.3 Å². The molecule has 0 spiro atoms. The second-order valence-corrected chi connectivity index (χ2v) is 5.85. The van der Waals surface area contributed by atoms with Crippen LogP contribution in [0.2, 0.25) is 0 Å². The highest BCUT2D eigenvalue weighted by Gasteiger charge is 2.11. The summed E-state index contributed by atoms with van der Waals surface area (Å²) < 4.78 is 1.08. The molecule has 3 heteroatoms. The summed E-state index contributed by atoms with van der Waals surface area (Å²) in [6.45, 7) is 8.25. The summed E-state index contributed by atoms with van der Waals surface area (Å²) in [4.78, 5) is 14.9. The lowest BCUT2D eigenvalue weighted by Crippen LogP contribution is -2.29. The molecule has 2 rings (SSSR count). The van der Waals surface area contributed by atoms with E-state index in [-0.39, 0.29) is 5.43 Å². The summed E-state index contributed by atoms with van der Waals surface area (Å²) in [6, 6.07) is 6.12. The number of hydrogen-bond donors (Lipinski definition) is 0. The summed E-state index contributed by atoms with van der Waals surface area (Å²) in [5.74, 6) is 0.